The molecule has 0 aromatic carbocycles. The highest BCUT2D eigenvalue weighted by atomic mass is 32.1. The third-order valence-corrected chi connectivity index (χ3v) is 1.94. The van der Waals surface area contributed by atoms with Crippen molar-refractivity contribution >= 4 is 11.3 Å². The number of allylic oxidation sites excluding steroid dienone is 1. The summed E-state index contributed by atoms with van der Waals surface area (Å²) in [6.07, 6.45) is 3.39. The van der Waals surface area contributed by atoms with Crippen LogP contribution in [0.4, 0.5) is 0 Å². The lowest BCUT2D eigenvalue weighted by molar-refractivity contribution is -0.490. The molecule has 1 aromatic rings. The zero-order valence-corrected chi connectivity index (χ0v) is 7.03. The van der Waals surface area contributed by atoms with Crippen molar-refractivity contribution in [2.24, 2.45) is 5.10 Å². The maximum Gasteiger partial charge on any atom is 0.262 e. The first-order valence-corrected chi connectivity index (χ1v) is 4.06. The van der Waals surface area contributed by atoms with E-state index in [0.717, 1.165) is 0 Å². The minimum atomic E-state index is -0.703. The fraction of sp³-hybridized carbons (Fsp3) is 0.167. The van der Waals surface area contributed by atoms with Crippen LogP contribution in [0.5, 0.6) is 0 Å². The first-order chi connectivity index (χ1) is 5.74. The van der Waals surface area contributed by atoms with Gasteiger partial charge in [0.1, 0.15) is 0 Å². The monoisotopic (exact) mass is 185 g/mol. The van der Waals surface area contributed by atoms with Crippen molar-refractivity contribution < 1.29 is 5.03 Å². The van der Waals surface area contributed by atoms with E-state index in [4.69, 9.17) is 0 Å². The number of nitro groups is 1. The SMILES string of the molecule is C=CCn1ccs/c1=N\[N+](=O)[O-]. The van der Waals surface area contributed by atoms with Crippen LogP contribution in [0.1, 0.15) is 0 Å². The summed E-state index contributed by atoms with van der Waals surface area (Å²) in [4.78, 5) is 10.4. The van der Waals surface area contributed by atoms with Crippen LogP contribution in [0.15, 0.2) is 29.3 Å². The fourth-order valence-corrected chi connectivity index (χ4v) is 1.44. The van der Waals surface area contributed by atoms with Crippen molar-refractivity contribution in [3.05, 3.63) is 39.1 Å². The molecule has 0 spiro atoms. The molecule has 5 nitrogen and oxygen atoms in total. The van der Waals surface area contributed by atoms with Gasteiger partial charge in [0.05, 0.1) is 5.10 Å². The highest BCUT2D eigenvalue weighted by molar-refractivity contribution is 7.07. The largest absolute Gasteiger partial charge is 0.315 e. The highest BCUT2D eigenvalue weighted by Gasteiger charge is 1.96. The zero-order valence-electron chi connectivity index (χ0n) is 6.21. The lowest BCUT2D eigenvalue weighted by Gasteiger charge is -1.91. The minimum Gasteiger partial charge on any atom is -0.315 e. The summed E-state index contributed by atoms with van der Waals surface area (Å²) >= 11 is 1.22. The molecule has 0 saturated heterocycles. The molecule has 0 atom stereocenters. The van der Waals surface area contributed by atoms with Crippen LogP contribution < -0.4 is 4.80 Å². The molecular formula is C6H7N3O2S. The Bertz CT molecular complexity index is 352. The van der Waals surface area contributed by atoms with Crippen LogP contribution in [0, 0.1) is 10.1 Å². The summed E-state index contributed by atoms with van der Waals surface area (Å²) in [7, 11) is 0. The molecule has 0 saturated carbocycles. The Morgan fingerprint density at radius 3 is 3.25 bits per heavy atom. The fourth-order valence-electron chi connectivity index (χ4n) is 0.725. The maximum atomic E-state index is 10.0. The first-order valence-electron chi connectivity index (χ1n) is 3.18. The molecule has 1 rings (SSSR count). The predicted molar refractivity (Wildman–Crippen MR) is 45.1 cm³/mol. The Labute approximate surface area is 72.4 Å². The molecule has 0 aliphatic rings. The lowest BCUT2D eigenvalue weighted by atomic mass is 10.6. The van der Waals surface area contributed by atoms with Gasteiger partial charge in [0.25, 0.3) is 4.80 Å². The summed E-state index contributed by atoms with van der Waals surface area (Å²) in [5, 5.41) is 14.3. The second kappa shape index (κ2) is 3.82. The topological polar surface area (TPSA) is 60.4 Å². The summed E-state index contributed by atoms with van der Waals surface area (Å²) in [5.41, 5.74) is 0. The first kappa shape index (κ1) is 8.66. The van der Waals surface area contributed by atoms with Crippen LogP contribution in [0.25, 0.3) is 0 Å². The normalized spacial score (nSPS) is 11.5. The highest BCUT2D eigenvalue weighted by Crippen LogP contribution is 1.90. The van der Waals surface area contributed by atoms with Gasteiger partial charge in [0.15, 0.2) is 5.03 Å². The Morgan fingerprint density at radius 2 is 2.67 bits per heavy atom. The predicted octanol–water partition coefficient (Wildman–Crippen LogP) is 0.828. The van der Waals surface area contributed by atoms with Gasteiger partial charge in [0.2, 0.25) is 0 Å². The van der Waals surface area contributed by atoms with E-state index < -0.39 is 5.03 Å². The Hall–Kier alpha value is -1.43. The van der Waals surface area contributed by atoms with Gasteiger partial charge in [-0.05, 0) is 0 Å². The Kier molecular flexibility index (Phi) is 2.76. The molecule has 64 valence electrons. The molecule has 0 fully saturated rings. The molecule has 0 radical (unpaired) electrons. The average Bonchev–Trinajstić information content (AvgIpc) is 2.37. The second-order valence-corrected chi connectivity index (χ2v) is 2.84. The third-order valence-electron chi connectivity index (χ3n) is 1.15. The van der Waals surface area contributed by atoms with E-state index in [-0.39, 0.29) is 0 Å². The third kappa shape index (κ3) is 2.03. The van der Waals surface area contributed by atoms with Crippen LogP contribution in [-0.4, -0.2) is 9.60 Å². The number of thiazole rings is 1. The summed E-state index contributed by atoms with van der Waals surface area (Å²) < 4.78 is 1.65. The zero-order chi connectivity index (χ0) is 8.97. The van der Waals surface area contributed by atoms with E-state index in [1.54, 1.807) is 22.2 Å². The molecule has 12 heavy (non-hydrogen) atoms. The van der Waals surface area contributed by atoms with E-state index in [1.165, 1.54) is 11.3 Å². The van der Waals surface area contributed by atoms with Gasteiger partial charge >= 0.3 is 0 Å². The van der Waals surface area contributed by atoms with E-state index in [2.05, 4.69) is 11.7 Å². The van der Waals surface area contributed by atoms with Crippen molar-refractivity contribution in [2.45, 2.75) is 6.54 Å². The second-order valence-electron chi connectivity index (χ2n) is 1.96. The number of hydrogen-bond acceptors (Lipinski definition) is 3. The molecule has 1 heterocycles. The van der Waals surface area contributed by atoms with Crippen LogP contribution >= 0.6 is 11.3 Å². The standard InChI is InChI=1S/C6H7N3O2S/c1-2-3-8-4-5-12-6(8)7-9(10)11/h2,4-5H,1,3H2/b7-6-. The van der Waals surface area contributed by atoms with E-state index in [0.29, 0.717) is 11.3 Å². The molecule has 0 unspecified atom stereocenters. The minimum absolute atomic E-state index is 0.375. The van der Waals surface area contributed by atoms with Crippen molar-refractivity contribution in [3.8, 4) is 0 Å². The van der Waals surface area contributed by atoms with Gasteiger partial charge in [-0.25, -0.2) is 10.1 Å². The van der Waals surface area contributed by atoms with Gasteiger partial charge in [-0.1, -0.05) is 17.4 Å². The number of nitrogens with zero attached hydrogens (tertiary/aromatic N) is 3. The smallest absolute Gasteiger partial charge is 0.262 e. The molecule has 0 N–H and O–H groups in total. The Morgan fingerprint density at radius 1 is 1.92 bits per heavy atom. The lowest BCUT2D eigenvalue weighted by Crippen LogP contribution is -2.14. The van der Waals surface area contributed by atoms with Crippen LogP contribution in [0.2, 0.25) is 0 Å². The summed E-state index contributed by atoms with van der Waals surface area (Å²) in [6.45, 7) is 4.07. The van der Waals surface area contributed by atoms with Crippen molar-refractivity contribution in [2.75, 3.05) is 0 Å². The van der Waals surface area contributed by atoms with Gasteiger partial charge in [-0.3, -0.25) is 0 Å². The van der Waals surface area contributed by atoms with Crippen molar-refractivity contribution in [3.63, 3.8) is 0 Å². The van der Waals surface area contributed by atoms with Crippen molar-refractivity contribution in [1.82, 2.24) is 4.57 Å². The summed E-state index contributed by atoms with van der Waals surface area (Å²) in [5.74, 6) is 0. The van der Waals surface area contributed by atoms with Crippen molar-refractivity contribution in [1.29, 1.82) is 0 Å². The van der Waals surface area contributed by atoms with Crippen LogP contribution in [0.3, 0.4) is 0 Å². The molecular weight excluding hydrogens is 178 g/mol. The van der Waals surface area contributed by atoms with E-state index in [1.807, 2.05) is 0 Å². The molecule has 1 aromatic heterocycles. The average molecular weight is 185 g/mol. The number of aromatic nitrogens is 1. The Balaban J connectivity index is 3.06. The van der Waals surface area contributed by atoms with Gasteiger partial charge in [-0.2, -0.15) is 0 Å². The molecule has 0 aliphatic carbocycles. The van der Waals surface area contributed by atoms with E-state index >= 15 is 0 Å². The van der Waals surface area contributed by atoms with Crippen LogP contribution in [-0.2, 0) is 6.54 Å². The molecule has 6 heteroatoms. The summed E-state index contributed by atoms with van der Waals surface area (Å²) in [6, 6.07) is 0. The molecule has 0 bridgehead atoms. The van der Waals surface area contributed by atoms with Gasteiger partial charge in [0, 0.05) is 18.1 Å². The maximum absolute atomic E-state index is 10.0. The van der Waals surface area contributed by atoms with Gasteiger partial charge < -0.3 is 4.57 Å². The number of hydrogen-bond donors (Lipinski definition) is 0. The van der Waals surface area contributed by atoms with Gasteiger partial charge in [-0.15, -0.1) is 6.58 Å². The van der Waals surface area contributed by atoms with E-state index in [9.17, 15) is 10.1 Å². The number of rotatable bonds is 3. The molecule has 0 aliphatic heterocycles. The molecule has 0 amide bonds. The quantitative estimate of drug-likeness (QED) is 0.398.